The molecule has 112 valence electrons. The summed E-state index contributed by atoms with van der Waals surface area (Å²) in [5.41, 5.74) is 0.911. The van der Waals surface area contributed by atoms with Crippen LogP contribution >= 0.6 is 11.8 Å². The quantitative estimate of drug-likeness (QED) is 0.875. The highest BCUT2D eigenvalue weighted by Crippen LogP contribution is 2.29. The second-order valence-corrected chi connectivity index (χ2v) is 6.56. The summed E-state index contributed by atoms with van der Waals surface area (Å²) < 4.78 is 5.43. The van der Waals surface area contributed by atoms with Gasteiger partial charge in [-0.05, 0) is 29.4 Å². The number of benzene rings is 1. The average Bonchev–Trinajstić information content (AvgIpc) is 3.07. The lowest BCUT2D eigenvalue weighted by Gasteiger charge is -2.24. The van der Waals surface area contributed by atoms with Crippen molar-refractivity contribution in [3.8, 4) is 5.75 Å². The van der Waals surface area contributed by atoms with Crippen LogP contribution in [0.1, 0.15) is 17.5 Å². The molecule has 1 atom stereocenters. The van der Waals surface area contributed by atoms with Crippen LogP contribution in [0.3, 0.4) is 0 Å². The lowest BCUT2D eigenvalue weighted by atomic mass is 9.98. The predicted molar refractivity (Wildman–Crippen MR) is 79.8 cm³/mol. The van der Waals surface area contributed by atoms with Gasteiger partial charge in [-0.3, -0.25) is 4.79 Å². The van der Waals surface area contributed by atoms with E-state index in [1.807, 2.05) is 18.2 Å². The zero-order chi connectivity index (χ0) is 14.9. The first-order valence-corrected chi connectivity index (χ1v) is 8.11. The number of carboxylic acids is 1. The van der Waals surface area contributed by atoms with Gasteiger partial charge < -0.3 is 15.2 Å². The van der Waals surface area contributed by atoms with Gasteiger partial charge in [0.15, 0.2) is 0 Å². The Kier molecular flexibility index (Phi) is 3.80. The summed E-state index contributed by atoms with van der Waals surface area (Å²) in [5.74, 6) is 0.907. The summed E-state index contributed by atoms with van der Waals surface area (Å²) in [7, 11) is 0. The number of amides is 1. The van der Waals surface area contributed by atoms with Crippen molar-refractivity contribution in [2.75, 3.05) is 18.1 Å². The standard InChI is InChI=1S/C15H17NO4S/c17-13(16-15(14(18)19)4-6-21-9-15)8-10-1-2-12-11(7-10)3-5-20-12/h1-2,7H,3-6,8-9H2,(H,16,17)(H,18,19). The van der Waals surface area contributed by atoms with E-state index in [1.165, 1.54) is 0 Å². The molecule has 2 aliphatic heterocycles. The van der Waals surface area contributed by atoms with Crippen LogP contribution in [-0.4, -0.2) is 40.6 Å². The maximum absolute atomic E-state index is 12.2. The van der Waals surface area contributed by atoms with Crippen LogP contribution in [0.25, 0.3) is 0 Å². The van der Waals surface area contributed by atoms with Crippen molar-refractivity contribution in [2.24, 2.45) is 0 Å². The molecule has 0 radical (unpaired) electrons. The fourth-order valence-corrected chi connectivity index (χ4v) is 4.06. The molecule has 2 N–H and O–H groups in total. The fourth-order valence-electron chi connectivity index (χ4n) is 2.73. The van der Waals surface area contributed by atoms with E-state index >= 15 is 0 Å². The van der Waals surface area contributed by atoms with Crippen LogP contribution in [0.4, 0.5) is 0 Å². The Labute approximate surface area is 127 Å². The van der Waals surface area contributed by atoms with Crippen LogP contribution < -0.4 is 10.1 Å². The monoisotopic (exact) mass is 307 g/mol. The van der Waals surface area contributed by atoms with E-state index in [0.717, 1.165) is 29.1 Å². The van der Waals surface area contributed by atoms with E-state index in [-0.39, 0.29) is 12.3 Å². The Morgan fingerprint density at radius 2 is 2.29 bits per heavy atom. The number of thioether (sulfide) groups is 1. The Hall–Kier alpha value is -1.69. The van der Waals surface area contributed by atoms with Crippen molar-refractivity contribution in [2.45, 2.75) is 24.8 Å². The first-order chi connectivity index (χ1) is 10.1. The molecule has 21 heavy (non-hydrogen) atoms. The van der Waals surface area contributed by atoms with Crippen molar-refractivity contribution in [1.82, 2.24) is 5.32 Å². The van der Waals surface area contributed by atoms with Crippen molar-refractivity contribution in [1.29, 1.82) is 0 Å². The molecular formula is C15H17NO4S. The van der Waals surface area contributed by atoms with Crippen LogP contribution in [0, 0.1) is 0 Å². The number of ether oxygens (including phenoxy) is 1. The Morgan fingerprint density at radius 1 is 1.43 bits per heavy atom. The summed E-state index contributed by atoms with van der Waals surface area (Å²) in [6.45, 7) is 0.685. The van der Waals surface area contributed by atoms with Crippen LogP contribution in [0.2, 0.25) is 0 Å². The fraction of sp³-hybridized carbons (Fsp3) is 0.467. The van der Waals surface area contributed by atoms with Gasteiger partial charge >= 0.3 is 5.97 Å². The minimum atomic E-state index is -1.10. The highest BCUT2D eigenvalue weighted by Gasteiger charge is 2.43. The van der Waals surface area contributed by atoms with Gasteiger partial charge in [0.25, 0.3) is 0 Å². The molecule has 1 unspecified atom stereocenters. The van der Waals surface area contributed by atoms with Gasteiger partial charge in [-0.15, -0.1) is 0 Å². The molecule has 0 aliphatic carbocycles. The number of carbonyl (C=O) groups is 2. The van der Waals surface area contributed by atoms with Gasteiger partial charge in [-0.2, -0.15) is 11.8 Å². The topological polar surface area (TPSA) is 75.6 Å². The number of nitrogens with one attached hydrogen (secondary N) is 1. The van der Waals surface area contributed by atoms with Crippen LogP contribution in [0.15, 0.2) is 18.2 Å². The summed E-state index contributed by atoms with van der Waals surface area (Å²) in [6.07, 6.45) is 1.55. The van der Waals surface area contributed by atoms with Gasteiger partial charge in [0, 0.05) is 12.2 Å². The number of hydrogen-bond donors (Lipinski definition) is 2. The Bertz CT molecular complexity index is 581. The number of carbonyl (C=O) groups excluding carboxylic acids is 1. The van der Waals surface area contributed by atoms with Crippen molar-refractivity contribution >= 4 is 23.6 Å². The number of rotatable bonds is 4. The van der Waals surface area contributed by atoms with E-state index in [9.17, 15) is 14.7 Å². The van der Waals surface area contributed by atoms with Gasteiger partial charge in [-0.25, -0.2) is 4.79 Å². The Balaban J connectivity index is 1.67. The molecule has 1 aromatic carbocycles. The molecule has 0 bridgehead atoms. The molecule has 6 heteroatoms. The lowest BCUT2D eigenvalue weighted by molar-refractivity contribution is -0.146. The molecule has 1 fully saturated rings. The third-order valence-corrected chi connectivity index (χ3v) is 5.12. The van der Waals surface area contributed by atoms with Crippen molar-refractivity contribution < 1.29 is 19.4 Å². The minimum absolute atomic E-state index is 0.201. The maximum Gasteiger partial charge on any atom is 0.330 e. The molecule has 3 rings (SSSR count). The molecule has 0 saturated carbocycles. The van der Waals surface area contributed by atoms with Gasteiger partial charge in [0.05, 0.1) is 13.0 Å². The highest BCUT2D eigenvalue weighted by atomic mass is 32.2. The maximum atomic E-state index is 12.2. The van der Waals surface area contributed by atoms with E-state index in [0.29, 0.717) is 18.8 Å². The second kappa shape index (κ2) is 5.60. The molecule has 1 amide bonds. The largest absolute Gasteiger partial charge is 0.493 e. The van der Waals surface area contributed by atoms with Crippen LogP contribution in [0.5, 0.6) is 5.75 Å². The third kappa shape index (κ3) is 2.85. The SMILES string of the molecule is O=C(Cc1ccc2c(c1)CCO2)NC1(C(=O)O)CCSC1. The van der Waals surface area contributed by atoms with Crippen molar-refractivity contribution in [3.05, 3.63) is 29.3 Å². The summed E-state index contributed by atoms with van der Waals surface area (Å²) in [6, 6.07) is 5.71. The third-order valence-electron chi connectivity index (χ3n) is 3.93. The van der Waals surface area contributed by atoms with Gasteiger partial charge in [0.1, 0.15) is 11.3 Å². The molecule has 5 nitrogen and oxygen atoms in total. The van der Waals surface area contributed by atoms with Crippen molar-refractivity contribution in [3.63, 3.8) is 0 Å². The number of hydrogen-bond acceptors (Lipinski definition) is 4. The lowest BCUT2D eigenvalue weighted by Crippen LogP contribution is -2.55. The Morgan fingerprint density at radius 3 is 3.00 bits per heavy atom. The first-order valence-electron chi connectivity index (χ1n) is 6.96. The van der Waals surface area contributed by atoms with E-state index in [4.69, 9.17) is 4.74 Å². The molecular weight excluding hydrogens is 290 g/mol. The second-order valence-electron chi connectivity index (χ2n) is 5.46. The molecule has 2 aliphatic rings. The van der Waals surface area contributed by atoms with E-state index < -0.39 is 11.5 Å². The van der Waals surface area contributed by atoms with E-state index in [1.54, 1.807) is 11.8 Å². The smallest absolute Gasteiger partial charge is 0.330 e. The normalized spacial score (nSPS) is 23.4. The molecule has 0 spiro atoms. The average molecular weight is 307 g/mol. The summed E-state index contributed by atoms with van der Waals surface area (Å²) >= 11 is 1.56. The zero-order valence-corrected chi connectivity index (χ0v) is 12.4. The number of fused-ring (bicyclic) bond motifs is 1. The van der Waals surface area contributed by atoms with Gasteiger partial charge in [0.2, 0.25) is 5.91 Å². The highest BCUT2D eigenvalue weighted by molar-refractivity contribution is 7.99. The summed E-state index contributed by atoms with van der Waals surface area (Å²) in [5, 5.41) is 12.1. The predicted octanol–water partition coefficient (Wildman–Crippen LogP) is 1.24. The first kappa shape index (κ1) is 14.3. The zero-order valence-electron chi connectivity index (χ0n) is 11.6. The molecule has 2 heterocycles. The minimum Gasteiger partial charge on any atom is -0.493 e. The summed E-state index contributed by atoms with van der Waals surface area (Å²) in [4.78, 5) is 23.6. The number of aliphatic carboxylic acids is 1. The molecule has 0 aromatic heterocycles. The van der Waals surface area contributed by atoms with Crippen LogP contribution in [-0.2, 0) is 22.4 Å². The molecule has 1 saturated heterocycles. The van der Waals surface area contributed by atoms with Gasteiger partial charge in [-0.1, -0.05) is 12.1 Å². The molecule has 1 aromatic rings. The van der Waals surface area contributed by atoms with E-state index in [2.05, 4.69) is 5.32 Å². The number of carboxylic acid groups (broad SMARTS) is 1.